The van der Waals surface area contributed by atoms with Gasteiger partial charge in [0.1, 0.15) is 11.5 Å². The monoisotopic (exact) mass is 306 g/mol. The van der Waals surface area contributed by atoms with Gasteiger partial charge in [0.25, 0.3) is 0 Å². The number of benzene rings is 1. The number of amides is 2. The third kappa shape index (κ3) is 4.13. The minimum absolute atomic E-state index is 0.0465. The van der Waals surface area contributed by atoms with E-state index in [9.17, 15) is 9.59 Å². The number of nitrogens with zero attached hydrogens (tertiary/aromatic N) is 1. The minimum atomic E-state index is -0.234. The van der Waals surface area contributed by atoms with Crippen LogP contribution in [0, 0.1) is 0 Å². The summed E-state index contributed by atoms with van der Waals surface area (Å²) in [6, 6.07) is 5.18. The molecule has 6 heteroatoms. The SMILES string of the molecule is COc1ccc(OC)c(NC(=O)CN2CCCCCC2=O)c1. The molecule has 0 radical (unpaired) electrons. The molecule has 1 aliphatic rings. The van der Waals surface area contributed by atoms with Gasteiger partial charge in [0.05, 0.1) is 26.5 Å². The Bertz CT molecular complexity index is 545. The zero-order chi connectivity index (χ0) is 15.9. The van der Waals surface area contributed by atoms with Crippen LogP contribution in [0.1, 0.15) is 25.7 Å². The fourth-order valence-electron chi connectivity index (χ4n) is 2.48. The molecule has 0 atom stereocenters. The number of hydrogen-bond acceptors (Lipinski definition) is 4. The molecule has 1 N–H and O–H groups in total. The summed E-state index contributed by atoms with van der Waals surface area (Å²) in [5, 5.41) is 2.79. The zero-order valence-electron chi connectivity index (χ0n) is 13.1. The van der Waals surface area contributed by atoms with E-state index in [-0.39, 0.29) is 18.4 Å². The van der Waals surface area contributed by atoms with Gasteiger partial charge in [0, 0.05) is 19.0 Å². The van der Waals surface area contributed by atoms with Crippen LogP contribution in [0.15, 0.2) is 18.2 Å². The van der Waals surface area contributed by atoms with Crippen LogP contribution in [0.3, 0.4) is 0 Å². The maximum absolute atomic E-state index is 12.2. The molecule has 1 aromatic carbocycles. The van der Waals surface area contributed by atoms with Crippen LogP contribution in [-0.4, -0.2) is 44.0 Å². The van der Waals surface area contributed by atoms with Gasteiger partial charge >= 0.3 is 0 Å². The zero-order valence-corrected chi connectivity index (χ0v) is 13.1. The van der Waals surface area contributed by atoms with Crippen molar-refractivity contribution in [3.8, 4) is 11.5 Å². The predicted molar refractivity (Wildman–Crippen MR) is 83.2 cm³/mol. The number of methoxy groups -OCH3 is 2. The molecule has 1 fully saturated rings. The molecule has 6 nitrogen and oxygen atoms in total. The molecule has 1 aliphatic heterocycles. The number of nitrogens with one attached hydrogen (secondary N) is 1. The number of likely N-dealkylation sites (tertiary alicyclic amines) is 1. The summed E-state index contributed by atoms with van der Waals surface area (Å²) in [7, 11) is 3.10. The maximum Gasteiger partial charge on any atom is 0.244 e. The molecule has 2 amide bonds. The van der Waals surface area contributed by atoms with Crippen molar-refractivity contribution >= 4 is 17.5 Å². The lowest BCUT2D eigenvalue weighted by Crippen LogP contribution is -2.37. The van der Waals surface area contributed by atoms with E-state index in [0.717, 1.165) is 19.3 Å². The Morgan fingerprint density at radius 2 is 2.05 bits per heavy atom. The van der Waals surface area contributed by atoms with E-state index < -0.39 is 0 Å². The smallest absolute Gasteiger partial charge is 0.244 e. The Morgan fingerprint density at radius 1 is 1.23 bits per heavy atom. The third-order valence-corrected chi connectivity index (χ3v) is 3.69. The van der Waals surface area contributed by atoms with Gasteiger partial charge in [-0.1, -0.05) is 6.42 Å². The summed E-state index contributed by atoms with van der Waals surface area (Å²) >= 11 is 0. The van der Waals surface area contributed by atoms with Gasteiger partial charge in [-0.2, -0.15) is 0 Å². The molecular weight excluding hydrogens is 284 g/mol. The summed E-state index contributed by atoms with van der Waals surface area (Å²) in [6.45, 7) is 0.709. The molecule has 1 saturated heterocycles. The molecule has 0 unspecified atom stereocenters. The number of carbonyl (C=O) groups is 2. The lowest BCUT2D eigenvalue weighted by Gasteiger charge is -2.20. The first-order valence-corrected chi connectivity index (χ1v) is 7.43. The lowest BCUT2D eigenvalue weighted by molar-refractivity contribution is -0.134. The van der Waals surface area contributed by atoms with Gasteiger partial charge in [-0.3, -0.25) is 9.59 Å². The number of anilines is 1. The Balaban J connectivity index is 2.03. The van der Waals surface area contributed by atoms with Crippen molar-refractivity contribution in [2.24, 2.45) is 0 Å². The van der Waals surface area contributed by atoms with E-state index in [4.69, 9.17) is 9.47 Å². The highest BCUT2D eigenvalue weighted by molar-refractivity contribution is 5.96. The second kappa shape index (κ2) is 7.68. The minimum Gasteiger partial charge on any atom is -0.497 e. The van der Waals surface area contributed by atoms with E-state index in [1.165, 1.54) is 7.11 Å². The van der Waals surface area contributed by atoms with Crippen LogP contribution < -0.4 is 14.8 Å². The Morgan fingerprint density at radius 3 is 2.77 bits per heavy atom. The maximum atomic E-state index is 12.2. The second-order valence-corrected chi connectivity index (χ2v) is 5.24. The average molecular weight is 306 g/mol. The first kappa shape index (κ1) is 16.1. The van der Waals surface area contributed by atoms with Gasteiger partial charge in [-0.25, -0.2) is 0 Å². The molecule has 0 saturated carbocycles. The molecule has 22 heavy (non-hydrogen) atoms. The molecule has 0 aromatic heterocycles. The number of ether oxygens (including phenoxy) is 2. The molecule has 2 rings (SSSR count). The van der Waals surface area contributed by atoms with E-state index in [1.54, 1.807) is 30.2 Å². The summed E-state index contributed by atoms with van der Waals surface area (Å²) < 4.78 is 10.4. The van der Waals surface area contributed by atoms with Crippen molar-refractivity contribution < 1.29 is 19.1 Å². The van der Waals surface area contributed by atoms with Crippen LogP contribution in [0.4, 0.5) is 5.69 Å². The van der Waals surface area contributed by atoms with Crippen LogP contribution in [0.2, 0.25) is 0 Å². The van der Waals surface area contributed by atoms with Crippen LogP contribution in [0.5, 0.6) is 11.5 Å². The van der Waals surface area contributed by atoms with Crippen molar-refractivity contribution in [2.45, 2.75) is 25.7 Å². The summed E-state index contributed by atoms with van der Waals surface area (Å²) in [6.07, 6.45) is 3.41. The quantitative estimate of drug-likeness (QED) is 0.904. The largest absolute Gasteiger partial charge is 0.497 e. The molecule has 0 aliphatic carbocycles. The van der Waals surface area contributed by atoms with Crippen molar-refractivity contribution in [1.29, 1.82) is 0 Å². The fourth-order valence-corrected chi connectivity index (χ4v) is 2.48. The first-order valence-electron chi connectivity index (χ1n) is 7.43. The average Bonchev–Trinajstić information content (AvgIpc) is 2.72. The topological polar surface area (TPSA) is 67.9 Å². The number of hydrogen-bond donors (Lipinski definition) is 1. The fraction of sp³-hybridized carbons (Fsp3) is 0.500. The normalized spacial score (nSPS) is 15.2. The van der Waals surface area contributed by atoms with E-state index in [2.05, 4.69) is 5.32 Å². The Kier molecular flexibility index (Phi) is 5.63. The first-order chi connectivity index (χ1) is 10.6. The van der Waals surface area contributed by atoms with Crippen LogP contribution >= 0.6 is 0 Å². The lowest BCUT2D eigenvalue weighted by atomic mass is 10.2. The highest BCUT2D eigenvalue weighted by Crippen LogP contribution is 2.28. The molecule has 120 valence electrons. The molecule has 1 heterocycles. The Labute approximate surface area is 130 Å². The Hall–Kier alpha value is -2.24. The highest BCUT2D eigenvalue weighted by atomic mass is 16.5. The van der Waals surface area contributed by atoms with Gasteiger partial charge in [-0.15, -0.1) is 0 Å². The molecule has 1 aromatic rings. The van der Waals surface area contributed by atoms with E-state index in [1.807, 2.05) is 0 Å². The molecule has 0 bridgehead atoms. The summed E-state index contributed by atoms with van der Waals surface area (Å²) in [5.74, 6) is 0.991. The van der Waals surface area contributed by atoms with Crippen molar-refractivity contribution in [3.63, 3.8) is 0 Å². The van der Waals surface area contributed by atoms with E-state index in [0.29, 0.717) is 30.2 Å². The molecular formula is C16H22N2O4. The van der Waals surface area contributed by atoms with Crippen LogP contribution in [0.25, 0.3) is 0 Å². The van der Waals surface area contributed by atoms with Crippen molar-refractivity contribution in [1.82, 2.24) is 4.90 Å². The van der Waals surface area contributed by atoms with Gasteiger partial charge in [-0.05, 0) is 25.0 Å². The third-order valence-electron chi connectivity index (χ3n) is 3.69. The van der Waals surface area contributed by atoms with Crippen molar-refractivity contribution in [3.05, 3.63) is 18.2 Å². The van der Waals surface area contributed by atoms with Crippen LogP contribution in [-0.2, 0) is 9.59 Å². The molecule has 0 spiro atoms. The number of carbonyl (C=O) groups excluding carboxylic acids is 2. The summed E-state index contributed by atoms with van der Waals surface area (Å²) in [4.78, 5) is 25.8. The van der Waals surface area contributed by atoms with E-state index >= 15 is 0 Å². The van der Waals surface area contributed by atoms with Gasteiger partial charge in [0.2, 0.25) is 11.8 Å². The highest BCUT2D eigenvalue weighted by Gasteiger charge is 2.20. The van der Waals surface area contributed by atoms with Crippen molar-refractivity contribution in [2.75, 3.05) is 32.6 Å². The van der Waals surface area contributed by atoms with Gasteiger partial charge in [0.15, 0.2) is 0 Å². The predicted octanol–water partition coefficient (Wildman–Crippen LogP) is 2.04. The second-order valence-electron chi connectivity index (χ2n) is 5.24. The number of rotatable bonds is 5. The standard InChI is InChI=1S/C16H22N2O4/c1-21-12-7-8-14(22-2)13(10-12)17-15(19)11-18-9-5-3-4-6-16(18)20/h7-8,10H,3-6,9,11H2,1-2H3,(H,17,19). The van der Waals surface area contributed by atoms with Gasteiger partial charge < -0.3 is 19.7 Å². The summed E-state index contributed by atoms with van der Waals surface area (Å²) in [5.41, 5.74) is 0.536.